The fourth-order valence-electron chi connectivity index (χ4n) is 4.81. The molecule has 2 aliphatic heterocycles. The molecule has 2 heterocycles. The molecule has 0 radical (unpaired) electrons. The van der Waals surface area contributed by atoms with Crippen molar-refractivity contribution in [3.63, 3.8) is 0 Å². The van der Waals surface area contributed by atoms with Crippen molar-refractivity contribution in [2.75, 3.05) is 33.8 Å². The number of benzene rings is 3. The number of rotatable bonds is 8. The van der Waals surface area contributed by atoms with E-state index in [9.17, 15) is 29.4 Å². The Morgan fingerprint density at radius 2 is 1.12 bits per heavy atom. The van der Waals surface area contributed by atoms with E-state index in [0.717, 1.165) is 4.90 Å². The normalized spacial score (nSPS) is 14.4. The standard InChI is InChI=1S/C28H26N4O8/c1-3-29-23-19-13-39-32(18-11-7-16(8-12-18)28(37)38)40-14-20(19)24(30-4-2)22-21(23)25(33)31(26(22)34)17-9-5-15(6-10-17)27(35)36/h5-12,29-30H,3-4,13-14H2,1-2H3,(H,35,36)(H,37,38). The summed E-state index contributed by atoms with van der Waals surface area (Å²) in [5, 5.41) is 26.1. The van der Waals surface area contributed by atoms with Gasteiger partial charge in [0.25, 0.3) is 11.8 Å². The molecule has 2 amide bonds. The summed E-state index contributed by atoms with van der Waals surface area (Å²) < 4.78 is 0. The molecule has 4 N–H and O–H groups in total. The van der Waals surface area contributed by atoms with Crippen LogP contribution in [0.5, 0.6) is 0 Å². The lowest BCUT2D eigenvalue weighted by atomic mass is 9.94. The van der Waals surface area contributed by atoms with Gasteiger partial charge in [-0.25, -0.2) is 24.2 Å². The molecule has 12 nitrogen and oxygen atoms in total. The summed E-state index contributed by atoms with van der Waals surface area (Å²) in [6.07, 6.45) is 0. The molecule has 0 atom stereocenters. The monoisotopic (exact) mass is 546 g/mol. The molecule has 0 spiro atoms. The van der Waals surface area contributed by atoms with Crippen molar-refractivity contribution < 1.29 is 39.1 Å². The molecule has 0 aliphatic carbocycles. The molecular weight excluding hydrogens is 520 g/mol. The first kappa shape index (κ1) is 26.7. The number of amides is 2. The lowest BCUT2D eigenvalue weighted by molar-refractivity contribution is -0.0952. The number of anilines is 4. The molecule has 0 bridgehead atoms. The Balaban J connectivity index is 1.58. The summed E-state index contributed by atoms with van der Waals surface area (Å²) in [4.78, 5) is 63.0. The van der Waals surface area contributed by atoms with Gasteiger partial charge in [-0.05, 0) is 62.4 Å². The van der Waals surface area contributed by atoms with Crippen molar-refractivity contribution in [1.29, 1.82) is 0 Å². The Kier molecular flexibility index (Phi) is 7.11. The van der Waals surface area contributed by atoms with Gasteiger partial charge in [0.1, 0.15) is 13.2 Å². The van der Waals surface area contributed by atoms with E-state index in [1.807, 2.05) is 13.8 Å². The van der Waals surface area contributed by atoms with Crippen LogP contribution in [-0.2, 0) is 22.9 Å². The largest absolute Gasteiger partial charge is 0.478 e. The molecule has 0 saturated heterocycles. The van der Waals surface area contributed by atoms with Crippen LogP contribution in [0.3, 0.4) is 0 Å². The molecule has 0 fully saturated rings. The molecule has 40 heavy (non-hydrogen) atoms. The Morgan fingerprint density at radius 1 is 0.725 bits per heavy atom. The molecule has 0 saturated carbocycles. The third-order valence-corrected chi connectivity index (χ3v) is 6.61. The Hall–Kier alpha value is -4.94. The first-order valence-corrected chi connectivity index (χ1v) is 12.6. The predicted octanol–water partition coefficient (Wildman–Crippen LogP) is 4.13. The number of nitrogens with zero attached hydrogens (tertiary/aromatic N) is 2. The molecule has 2 aliphatic rings. The number of fused-ring (bicyclic) bond motifs is 2. The van der Waals surface area contributed by atoms with Crippen LogP contribution in [0.15, 0.2) is 48.5 Å². The van der Waals surface area contributed by atoms with Crippen molar-refractivity contribution in [2.45, 2.75) is 27.1 Å². The van der Waals surface area contributed by atoms with E-state index >= 15 is 0 Å². The second kappa shape index (κ2) is 10.7. The van der Waals surface area contributed by atoms with Crippen LogP contribution in [0.4, 0.5) is 22.7 Å². The zero-order chi connectivity index (χ0) is 28.6. The van der Waals surface area contributed by atoms with E-state index < -0.39 is 23.8 Å². The molecule has 3 aromatic carbocycles. The third-order valence-electron chi connectivity index (χ3n) is 6.61. The Labute approximate surface area is 228 Å². The third kappa shape index (κ3) is 4.48. The lowest BCUT2D eigenvalue weighted by Crippen LogP contribution is -2.29. The molecule has 0 aromatic heterocycles. The van der Waals surface area contributed by atoms with Gasteiger partial charge >= 0.3 is 11.9 Å². The van der Waals surface area contributed by atoms with Gasteiger partial charge in [0.05, 0.1) is 45.0 Å². The maximum absolute atomic E-state index is 13.8. The average Bonchev–Trinajstić information content (AvgIpc) is 3.07. The number of hydrogen-bond acceptors (Lipinski definition) is 9. The van der Waals surface area contributed by atoms with E-state index in [1.165, 1.54) is 41.6 Å². The number of carboxylic acids is 2. The van der Waals surface area contributed by atoms with Gasteiger partial charge in [-0.1, -0.05) is 0 Å². The van der Waals surface area contributed by atoms with E-state index in [4.69, 9.17) is 9.68 Å². The van der Waals surface area contributed by atoms with Crippen LogP contribution in [0.1, 0.15) is 66.4 Å². The zero-order valence-electron chi connectivity index (χ0n) is 21.7. The van der Waals surface area contributed by atoms with Crippen LogP contribution < -0.4 is 20.8 Å². The van der Waals surface area contributed by atoms with Crippen LogP contribution in [0.2, 0.25) is 0 Å². The van der Waals surface area contributed by atoms with Gasteiger partial charge < -0.3 is 20.8 Å². The molecule has 12 heteroatoms. The lowest BCUT2D eigenvalue weighted by Gasteiger charge is -2.20. The topological polar surface area (TPSA) is 158 Å². The fraction of sp³-hybridized carbons (Fsp3) is 0.214. The second-order valence-corrected chi connectivity index (χ2v) is 8.97. The summed E-state index contributed by atoms with van der Waals surface area (Å²) >= 11 is 0. The number of aromatic carboxylic acids is 2. The quantitative estimate of drug-likeness (QED) is 0.238. The van der Waals surface area contributed by atoms with Gasteiger partial charge in [0.15, 0.2) is 0 Å². The molecular formula is C28H26N4O8. The maximum Gasteiger partial charge on any atom is 0.335 e. The van der Waals surface area contributed by atoms with E-state index in [2.05, 4.69) is 10.6 Å². The minimum Gasteiger partial charge on any atom is -0.478 e. The van der Waals surface area contributed by atoms with E-state index in [1.54, 1.807) is 12.1 Å². The summed E-state index contributed by atoms with van der Waals surface area (Å²) in [5.41, 5.74) is 3.39. The smallest absolute Gasteiger partial charge is 0.335 e. The van der Waals surface area contributed by atoms with Crippen molar-refractivity contribution in [2.24, 2.45) is 0 Å². The number of hydrogen-bond donors (Lipinski definition) is 4. The predicted molar refractivity (Wildman–Crippen MR) is 145 cm³/mol. The van der Waals surface area contributed by atoms with E-state index in [-0.39, 0.29) is 41.2 Å². The van der Waals surface area contributed by atoms with Crippen molar-refractivity contribution >= 4 is 46.5 Å². The van der Waals surface area contributed by atoms with Gasteiger partial charge in [0.2, 0.25) is 0 Å². The van der Waals surface area contributed by atoms with Gasteiger partial charge in [0, 0.05) is 24.2 Å². The summed E-state index contributed by atoms with van der Waals surface area (Å²) in [5.74, 6) is -3.27. The highest BCUT2D eigenvalue weighted by Crippen LogP contribution is 2.44. The number of carbonyl (C=O) groups excluding carboxylic acids is 2. The van der Waals surface area contributed by atoms with Crippen molar-refractivity contribution in [3.8, 4) is 0 Å². The van der Waals surface area contributed by atoms with Crippen LogP contribution >= 0.6 is 0 Å². The summed E-state index contributed by atoms with van der Waals surface area (Å²) in [6.45, 7) is 4.61. The van der Waals surface area contributed by atoms with Crippen LogP contribution in [0, 0.1) is 0 Å². The van der Waals surface area contributed by atoms with Crippen LogP contribution in [-0.4, -0.2) is 47.1 Å². The molecule has 5 rings (SSSR count). The number of carboxylic acid groups (broad SMARTS) is 2. The summed E-state index contributed by atoms with van der Waals surface area (Å²) in [6, 6.07) is 11.5. The minimum absolute atomic E-state index is 0.0151. The zero-order valence-corrected chi connectivity index (χ0v) is 21.7. The van der Waals surface area contributed by atoms with Crippen molar-refractivity contribution in [1.82, 2.24) is 0 Å². The van der Waals surface area contributed by atoms with Gasteiger partial charge in [-0.15, -0.1) is 5.23 Å². The SMILES string of the molecule is CCNc1c2c(c(NCC)c3c1C(=O)N(c1ccc(C(=O)O)cc1)C3=O)CON(c1ccc(C(=O)O)cc1)OC2. The molecule has 0 unspecified atom stereocenters. The highest BCUT2D eigenvalue weighted by atomic mass is 16.9. The molecule has 206 valence electrons. The average molecular weight is 547 g/mol. The van der Waals surface area contributed by atoms with Gasteiger partial charge in [-0.2, -0.15) is 0 Å². The van der Waals surface area contributed by atoms with E-state index in [0.29, 0.717) is 41.3 Å². The number of nitrogens with one attached hydrogen (secondary N) is 2. The Bertz CT molecular complexity index is 1460. The molecule has 3 aromatic rings. The van der Waals surface area contributed by atoms with Gasteiger partial charge in [-0.3, -0.25) is 9.59 Å². The first-order valence-electron chi connectivity index (χ1n) is 12.6. The second-order valence-electron chi connectivity index (χ2n) is 8.97. The Morgan fingerprint density at radius 3 is 1.50 bits per heavy atom. The van der Waals surface area contributed by atoms with Crippen molar-refractivity contribution in [3.05, 3.63) is 81.9 Å². The highest BCUT2D eigenvalue weighted by Gasteiger charge is 2.43. The number of carbonyl (C=O) groups is 4. The maximum atomic E-state index is 13.8. The minimum atomic E-state index is -1.12. The summed E-state index contributed by atoms with van der Waals surface area (Å²) in [7, 11) is 0. The number of imide groups is 1. The van der Waals surface area contributed by atoms with Crippen LogP contribution in [0.25, 0.3) is 0 Å². The fourth-order valence-corrected chi connectivity index (χ4v) is 4.81. The first-order chi connectivity index (χ1) is 19.3. The highest BCUT2D eigenvalue weighted by molar-refractivity contribution is 6.38.